The number of hydrogen-bond donors (Lipinski definition) is 1. The number of pyridine rings is 1. The van der Waals surface area contributed by atoms with Crippen molar-refractivity contribution < 1.29 is 9.59 Å². The van der Waals surface area contributed by atoms with Crippen molar-refractivity contribution in [3.63, 3.8) is 0 Å². The lowest BCUT2D eigenvalue weighted by atomic mass is 10.1. The number of fused-ring (bicyclic) bond motifs is 1. The fourth-order valence-corrected chi connectivity index (χ4v) is 3.46. The van der Waals surface area contributed by atoms with Gasteiger partial charge in [-0.2, -0.15) is 0 Å². The maximum Gasteiger partial charge on any atom is 0.255 e. The molecule has 1 saturated heterocycles. The number of piperazine rings is 1. The van der Waals surface area contributed by atoms with Gasteiger partial charge in [0.25, 0.3) is 5.91 Å². The molecule has 1 aromatic heterocycles. The van der Waals surface area contributed by atoms with Crippen molar-refractivity contribution in [1.29, 1.82) is 0 Å². The van der Waals surface area contributed by atoms with Crippen LogP contribution in [0.15, 0.2) is 60.8 Å². The van der Waals surface area contributed by atoms with Crippen LogP contribution in [-0.4, -0.2) is 59.8 Å². The monoisotopic (exact) mass is 388 g/mol. The van der Waals surface area contributed by atoms with E-state index in [4.69, 9.17) is 0 Å². The Balaban J connectivity index is 1.37. The van der Waals surface area contributed by atoms with Gasteiger partial charge in [-0.25, -0.2) is 0 Å². The Labute approximate surface area is 170 Å². The first kappa shape index (κ1) is 19.1. The van der Waals surface area contributed by atoms with E-state index in [-0.39, 0.29) is 11.8 Å². The summed E-state index contributed by atoms with van der Waals surface area (Å²) in [4.78, 5) is 33.5. The van der Waals surface area contributed by atoms with E-state index in [9.17, 15) is 9.59 Å². The molecule has 1 fully saturated rings. The minimum absolute atomic E-state index is 0.151. The summed E-state index contributed by atoms with van der Waals surface area (Å²) in [7, 11) is 2.07. The molecule has 0 spiro atoms. The summed E-state index contributed by atoms with van der Waals surface area (Å²) in [6, 6.07) is 16.8. The molecule has 0 radical (unpaired) electrons. The predicted molar refractivity (Wildman–Crippen MR) is 114 cm³/mol. The average Bonchev–Trinajstić information content (AvgIpc) is 2.75. The van der Waals surface area contributed by atoms with E-state index in [0.29, 0.717) is 17.7 Å². The summed E-state index contributed by atoms with van der Waals surface area (Å²) in [5.74, 6) is -0.0302. The molecular formula is C23H24N4O2. The second kappa shape index (κ2) is 8.41. The SMILES string of the molecule is CN1CCN(C(=O)Cc2ccc(NC(=O)c3ccc4cccnc4c3)cc2)CC1. The van der Waals surface area contributed by atoms with Gasteiger partial charge in [-0.1, -0.05) is 24.3 Å². The van der Waals surface area contributed by atoms with E-state index in [1.807, 2.05) is 47.4 Å². The molecule has 148 valence electrons. The molecule has 6 nitrogen and oxygen atoms in total. The molecule has 2 amide bonds. The average molecular weight is 388 g/mol. The normalized spacial score (nSPS) is 14.7. The Morgan fingerprint density at radius 3 is 2.52 bits per heavy atom. The largest absolute Gasteiger partial charge is 0.340 e. The highest BCUT2D eigenvalue weighted by Crippen LogP contribution is 2.16. The van der Waals surface area contributed by atoms with Gasteiger partial charge in [-0.15, -0.1) is 0 Å². The molecule has 0 atom stereocenters. The number of carbonyl (C=O) groups excluding carboxylic acids is 2. The van der Waals surface area contributed by atoms with Crippen LogP contribution in [0.4, 0.5) is 5.69 Å². The van der Waals surface area contributed by atoms with Crippen molar-refractivity contribution in [1.82, 2.24) is 14.8 Å². The molecule has 2 heterocycles. The number of rotatable bonds is 4. The van der Waals surface area contributed by atoms with Crippen LogP contribution in [0.2, 0.25) is 0 Å². The summed E-state index contributed by atoms with van der Waals surface area (Å²) < 4.78 is 0. The Hall–Kier alpha value is -3.25. The molecule has 1 N–H and O–H groups in total. The molecule has 0 unspecified atom stereocenters. The minimum atomic E-state index is -0.182. The zero-order valence-corrected chi connectivity index (χ0v) is 16.5. The zero-order chi connectivity index (χ0) is 20.2. The molecule has 1 aliphatic rings. The van der Waals surface area contributed by atoms with Crippen LogP contribution in [0.25, 0.3) is 10.9 Å². The van der Waals surface area contributed by atoms with Crippen LogP contribution in [0.5, 0.6) is 0 Å². The highest BCUT2D eigenvalue weighted by Gasteiger charge is 2.19. The van der Waals surface area contributed by atoms with Gasteiger partial charge in [0.2, 0.25) is 5.91 Å². The van der Waals surface area contributed by atoms with Gasteiger partial charge in [0.15, 0.2) is 0 Å². The zero-order valence-electron chi connectivity index (χ0n) is 16.5. The summed E-state index contributed by atoms with van der Waals surface area (Å²) in [6.45, 7) is 3.40. The number of aromatic nitrogens is 1. The summed E-state index contributed by atoms with van der Waals surface area (Å²) >= 11 is 0. The number of likely N-dealkylation sites (N-methyl/N-ethyl adjacent to an activating group) is 1. The molecule has 29 heavy (non-hydrogen) atoms. The minimum Gasteiger partial charge on any atom is -0.340 e. The Kier molecular flexibility index (Phi) is 5.53. The lowest BCUT2D eigenvalue weighted by molar-refractivity contribution is -0.132. The highest BCUT2D eigenvalue weighted by atomic mass is 16.2. The molecule has 0 bridgehead atoms. The first-order valence-corrected chi connectivity index (χ1v) is 9.80. The highest BCUT2D eigenvalue weighted by molar-refractivity contribution is 6.06. The third-order valence-electron chi connectivity index (χ3n) is 5.29. The van der Waals surface area contributed by atoms with Crippen LogP contribution in [0.1, 0.15) is 15.9 Å². The molecule has 4 rings (SSSR count). The number of hydrogen-bond acceptors (Lipinski definition) is 4. The van der Waals surface area contributed by atoms with E-state index in [0.717, 1.165) is 42.6 Å². The quantitative estimate of drug-likeness (QED) is 0.746. The van der Waals surface area contributed by atoms with Gasteiger partial charge in [0.1, 0.15) is 0 Å². The fourth-order valence-electron chi connectivity index (χ4n) is 3.46. The Bertz CT molecular complexity index is 1020. The first-order chi connectivity index (χ1) is 14.1. The third kappa shape index (κ3) is 4.60. The fraction of sp³-hybridized carbons (Fsp3) is 0.261. The van der Waals surface area contributed by atoms with Crippen molar-refractivity contribution in [2.45, 2.75) is 6.42 Å². The lowest BCUT2D eigenvalue weighted by Gasteiger charge is -2.32. The van der Waals surface area contributed by atoms with Crippen LogP contribution in [0.3, 0.4) is 0 Å². The van der Waals surface area contributed by atoms with Gasteiger partial charge >= 0.3 is 0 Å². The number of nitrogens with one attached hydrogen (secondary N) is 1. The van der Waals surface area contributed by atoms with Crippen molar-refractivity contribution in [3.8, 4) is 0 Å². The second-order valence-corrected chi connectivity index (χ2v) is 7.42. The van der Waals surface area contributed by atoms with Crippen LogP contribution >= 0.6 is 0 Å². The number of amides is 2. The van der Waals surface area contributed by atoms with Crippen molar-refractivity contribution in [2.24, 2.45) is 0 Å². The third-order valence-corrected chi connectivity index (χ3v) is 5.29. The Morgan fingerprint density at radius 2 is 1.76 bits per heavy atom. The van der Waals surface area contributed by atoms with E-state index < -0.39 is 0 Å². The molecule has 0 saturated carbocycles. The maximum atomic E-state index is 12.5. The summed E-state index contributed by atoms with van der Waals surface area (Å²) in [5, 5.41) is 3.90. The van der Waals surface area contributed by atoms with E-state index in [1.54, 1.807) is 18.3 Å². The van der Waals surface area contributed by atoms with Crippen molar-refractivity contribution in [3.05, 3.63) is 71.9 Å². The molecule has 6 heteroatoms. The molecule has 1 aliphatic heterocycles. The number of nitrogens with zero attached hydrogens (tertiary/aromatic N) is 3. The molecular weight excluding hydrogens is 364 g/mol. The summed E-state index contributed by atoms with van der Waals surface area (Å²) in [5.41, 5.74) is 3.00. The summed E-state index contributed by atoms with van der Waals surface area (Å²) in [6.07, 6.45) is 2.10. The van der Waals surface area contributed by atoms with Crippen molar-refractivity contribution >= 4 is 28.4 Å². The van der Waals surface area contributed by atoms with Gasteiger partial charge in [0.05, 0.1) is 11.9 Å². The van der Waals surface area contributed by atoms with Crippen LogP contribution < -0.4 is 5.32 Å². The maximum absolute atomic E-state index is 12.5. The van der Waals surface area contributed by atoms with Crippen LogP contribution in [0, 0.1) is 0 Å². The van der Waals surface area contributed by atoms with Crippen molar-refractivity contribution in [2.75, 3.05) is 38.5 Å². The topological polar surface area (TPSA) is 65.5 Å². The van der Waals surface area contributed by atoms with Crippen LogP contribution in [-0.2, 0) is 11.2 Å². The van der Waals surface area contributed by atoms with E-state index >= 15 is 0 Å². The predicted octanol–water partition coefficient (Wildman–Crippen LogP) is 2.80. The first-order valence-electron chi connectivity index (χ1n) is 9.80. The second-order valence-electron chi connectivity index (χ2n) is 7.42. The van der Waals surface area contributed by atoms with Gasteiger partial charge < -0.3 is 15.1 Å². The number of anilines is 1. The van der Waals surface area contributed by atoms with Gasteiger partial charge in [0, 0.05) is 49.0 Å². The number of carbonyl (C=O) groups is 2. The molecule has 3 aromatic rings. The molecule has 2 aromatic carbocycles. The van der Waals surface area contributed by atoms with Gasteiger partial charge in [-0.3, -0.25) is 14.6 Å². The number of benzene rings is 2. The van der Waals surface area contributed by atoms with E-state index in [2.05, 4.69) is 22.2 Å². The van der Waals surface area contributed by atoms with Gasteiger partial charge in [-0.05, 0) is 42.9 Å². The van der Waals surface area contributed by atoms with E-state index in [1.165, 1.54) is 0 Å². The lowest BCUT2D eigenvalue weighted by Crippen LogP contribution is -2.47. The smallest absolute Gasteiger partial charge is 0.255 e. The standard InChI is InChI=1S/C23H24N4O2/c1-26-11-13-27(14-12-26)22(28)15-17-4-8-20(9-5-17)25-23(29)19-7-6-18-3-2-10-24-21(18)16-19/h2-10,16H,11-15H2,1H3,(H,25,29). The molecule has 0 aliphatic carbocycles. The Morgan fingerprint density at radius 1 is 1.00 bits per heavy atom.